The predicted octanol–water partition coefficient (Wildman–Crippen LogP) is 0.785. The molecule has 0 bridgehead atoms. The van der Waals surface area contributed by atoms with E-state index in [9.17, 15) is 9.59 Å². The molecule has 0 saturated carbocycles. The first-order valence-electron chi connectivity index (χ1n) is 6.38. The molecule has 1 amide bonds. The Kier molecular flexibility index (Phi) is 4.75. The number of hydrogen-bond donors (Lipinski definition) is 2. The summed E-state index contributed by atoms with van der Waals surface area (Å²) in [5.74, 6) is -0.988. The minimum absolute atomic E-state index is 0.240. The number of carboxylic acid groups (broad SMARTS) is 1. The van der Waals surface area contributed by atoms with Gasteiger partial charge in [0.25, 0.3) is 5.91 Å². The zero-order valence-electron chi connectivity index (χ0n) is 12.5. The van der Waals surface area contributed by atoms with Gasteiger partial charge in [-0.25, -0.2) is 4.79 Å². The van der Waals surface area contributed by atoms with E-state index in [1.165, 1.54) is 6.92 Å². The molecule has 0 radical (unpaired) electrons. The number of amides is 1. The summed E-state index contributed by atoms with van der Waals surface area (Å²) in [7, 11) is 1.79. The summed E-state index contributed by atoms with van der Waals surface area (Å²) < 4.78 is 7.09. The van der Waals surface area contributed by atoms with Crippen LogP contribution in [0.1, 0.15) is 31.7 Å². The van der Waals surface area contributed by atoms with E-state index in [2.05, 4.69) is 10.4 Å². The van der Waals surface area contributed by atoms with E-state index in [1.54, 1.807) is 25.6 Å². The minimum atomic E-state index is -1.28. The van der Waals surface area contributed by atoms with Crippen LogP contribution >= 0.6 is 0 Å². The molecule has 20 heavy (non-hydrogen) atoms. The predicted molar refractivity (Wildman–Crippen MR) is 72.7 cm³/mol. The van der Waals surface area contributed by atoms with Crippen molar-refractivity contribution in [3.8, 4) is 5.75 Å². The topological polar surface area (TPSA) is 93.5 Å². The molecule has 2 N–H and O–H groups in total. The Morgan fingerprint density at radius 2 is 2.05 bits per heavy atom. The monoisotopic (exact) mass is 283 g/mol. The first kappa shape index (κ1) is 16.0. The van der Waals surface area contributed by atoms with Gasteiger partial charge >= 0.3 is 5.97 Å². The van der Waals surface area contributed by atoms with E-state index >= 15 is 0 Å². The molecule has 0 fully saturated rings. The number of carboxylic acids is 1. The van der Waals surface area contributed by atoms with Crippen LogP contribution in [0.3, 0.4) is 0 Å². The lowest BCUT2D eigenvalue weighted by Crippen LogP contribution is -2.53. The maximum absolute atomic E-state index is 11.8. The zero-order chi connectivity index (χ0) is 15.5. The van der Waals surface area contributed by atoms with Crippen molar-refractivity contribution >= 4 is 11.9 Å². The fourth-order valence-electron chi connectivity index (χ4n) is 1.74. The van der Waals surface area contributed by atoms with Crippen molar-refractivity contribution in [2.24, 2.45) is 7.05 Å². The van der Waals surface area contributed by atoms with Gasteiger partial charge in [-0.15, -0.1) is 0 Å². The van der Waals surface area contributed by atoms with Crippen LogP contribution in [0.25, 0.3) is 0 Å². The molecule has 112 valence electrons. The van der Waals surface area contributed by atoms with Crippen LogP contribution in [0.2, 0.25) is 0 Å². The Labute approximate surface area is 117 Å². The summed E-state index contributed by atoms with van der Waals surface area (Å²) >= 11 is 0. The maximum atomic E-state index is 11.8. The van der Waals surface area contributed by atoms with E-state index in [4.69, 9.17) is 9.84 Å². The van der Waals surface area contributed by atoms with E-state index in [-0.39, 0.29) is 6.61 Å². The molecule has 0 aliphatic heterocycles. The number of carbonyl (C=O) groups excluding carboxylic acids is 1. The largest absolute Gasteiger partial charge is 0.480 e. The normalized spacial score (nSPS) is 13.7. The average molecular weight is 283 g/mol. The highest BCUT2D eigenvalue weighted by atomic mass is 16.5. The van der Waals surface area contributed by atoms with Crippen LogP contribution in [0.15, 0.2) is 0 Å². The van der Waals surface area contributed by atoms with Gasteiger partial charge in [0.1, 0.15) is 11.2 Å². The van der Waals surface area contributed by atoms with Crippen molar-refractivity contribution in [1.82, 2.24) is 15.1 Å². The van der Waals surface area contributed by atoms with Gasteiger partial charge in [-0.3, -0.25) is 9.48 Å². The number of ether oxygens (including phenoxy) is 1. The lowest BCUT2D eigenvalue weighted by atomic mass is 9.99. The summed E-state index contributed by atoms with van der Waals surface area (Å²) in [6.07, 6.45) is 0.291. The first-order valence-corrected chi connectivity index (χ1v) is 6.38. The van der Waals surface area contributed by atoms with Crippen LogP contribution < -0.4 is 10.1 Å². The number of nitrogens with one attached hydrogen (secondary N) is 1. The van der Waals surface area contributed by atoms with Gasteiger partial charge in [0.15, 0.2) is 12.4 Å². The molecule has 1 heterocycles. The first-order chi connectivity index (χ1) is 9.21. The Morgan fingerprint density at radius 3 is 2.45 bits per heavy atom. The van der Waals surface area contributed by atoms with Crippen LogP contribution in [0.5, 0.6) is 5.75 Å². The van der Waals surface area contributed by atoms with Gasteiger partial charge in [-0.05, 0) is 27.2 Å². The standard InChI is InChI=1S/C13H21N3O4/c1-6-13(4,12(18)19)14-10(17)7-20-11-8(2)15-16(5)9(11)3/h6-7H2,1-5H3,(H,14,17)(H,18,19). The van der Waals surface area contributed by atoms with Gasteiger partial charge in [0, 0.05) is 7.05 Å². The van der Waals surface area contributed by atoms with Crippen molar-refractivity contribution in [3.05, 3.63) is 11.4 Å². The van der Waals surface area contributed by atoms with E-state index in [0.717, 1.165) is 5.69 Å². The number of aliphatic carboxylic acids is 1. The zero-order valence-corrected chi connectivity index (χ0v) is 12.5. The lowest BCUT2D eigenvalue weighted by Gasteiger charge is -2.24. The van der Waals surface area contributed by atoms with E-state index in [0.29, 0.717) is 17.9 Å². The van der Waals surface area contributed by atoms with Crippen molar-refractivity contribution in [3.63, 3.8) is 0 Å². The number of nitrogens with zero attached hydrogens (tertiary/aromatic N) is 2. The summed E-state index contributed by atoms with van der Waals surface area (Å²) in [4.78, 5) is 22.9. The molecule has 0 saturated heterocycles. The molecular formula is C13H21N3O4. The van der Waals surface area contributed by atoms with Gasteiger partial charge < -0.3 is 15.2 Å². The maximum Gasteiger partial charge on any atom is 0.329 e. The fraction of sp³-hybridized carbons (Fsp3) is 0.615. The quantitative estimate of drug-likeness (QED) is 0.805. The van der Waals surface area contributed by atoms with Gasteiger partial charge in [-0.2, -0.15) is 5.10 Å². The van der Waals surface area contributed by atoms with Crippen molar-refractivity contribution in [2.75, 3.05) is 6.61 Å². The van der Waals surface area contributed by atoms with Gasteiger partial charge in [0.05, 0.1) is 5.69 Å². The number of carbonyl (C=O) groups is 2. The van der Waals surface area contributed by atoms with Crippen molar-refractivity contribution in [1.29, 1.82) is 0 Å². The second-order valence-corrected chi connectivity index (χ2v) is 4.95. The third kappa shape index (κ3) is 3.28. The molecule has 7 heteroatoms. The van der Waals surface area contributed by atoms with Crippen LogP contribution in [0, 0.1) is 13.8 Å². The molecule has 1 rings (SSSR count). The Hall–Kier alpha value is -2.05. The molecule has 7 nitrogen and oxygen atoms in total. The smallest absolute Gasteiger partial charge is 0.329 e. The Balaban J connectivity index is 2.66. The third-order valence-corrected chi connectivity index (χ3v) is 3.38. The third-order valence-electron chi connectivity index (χ3n) is 3.38. The second-order valence-electron chi connectivity index (χ2n) is 4.95. The fourth-order valence-corrected chi connectivity index (χ4v) is 1.74. The van der Waals surface area contributed by atoms with E-state index in [1.807, 2.05) is 6.92 Å². The van der Waals surface area contributed by atoms with Crippen molar-refractivity contribution < 1.29 is 19.4 Å². The minimum Gasteiger partial charge on any atom is -0.480 e. The van der Waals surface area contributed by atoms with E-state index < -0.39 is 17.4 Å². The lowest BCUT2D eigenvalue weighted by molar-refractivity contribution is -0.147. The Morgan fingerprint density at radius 1 is 1.45 bits per heavy atom. The molecule has 0 aliphatic carbocycles. The highest BCUT2D eigenvalue weighted by Gasteiger charge is 2.32. The highest BCUT2D eigenvalue weighted by Crippen LogP contribution is 2.21. The van der Waals surface area contributed by atoms with Gasteiger partial charge in [0.2, 0.25) is 0 Å². The van der Waals surface area contributed by atoms with Crippen molar-refractivity contribution in [2.45, 2.75) is 39.7 Å². The molecule has 1 aromatic rings. The molecule has 0 aliphatic rings. The van der Waals surface area contributed by atoms with Gasteiger partial charge in [-0.1, -0.05) is 6.92 Å². The summed E-state index contributed by atoms with van der Waals surface area (Å²) in [6, 6.07) is 0. The number of rotatable bonds is 6. The summed E-state index contributed by atoms with van der Waals surface area (Å²) in [5, 5.41) is 15.7. The van der Waals surface area contributed by atoms with Crippen LogP contribution in [0.4, 0.5) is 0 Å². The molecule has 1 aromatic heterocycles. The molecule has 1 unspecified atom stereocenters. The number of aryl methyl sites for hydroxylation is 2. The summed E-state index contributed by atoms with van der Waals surface area (Å²) in [6.45, 7) is 6.54. The molecular weight excluding hydrogens is 262 g/mol. The molecule has 0 spiro atoms. The molecule has 1 atom stereocenters. The van der Waals surface area contributed by atoms with Crippen LogP contribution in [-0.2, 0) is 16.6 Å². The molecule has 0 aromatic carbocycles. The van der Waals surface area contributed by atoms with Crippen LogP contribution in [-0.4, -0.2) is 38.9 Å². The number of aromatic nitrogens is 2. The average Bonchev–Trinajstić information content (AvgIpc) is 2.61. The summed E-state index contributed by atoms with van der Waals surface area (Å²) in [5.41, 5.74) is 0.223. The SMILES string of the molecule is CCC(C)(NC(=O)COc1c(C)nn(C)c1C)C(=O)O. The number of hydrogen-bond acceptors (Lipinski definition) is 4. The second kappa shape index (κ2) is 5.94. The Bertz CT molecular complexity index is 524. The highest BCUT2D eigenvalue weighted by molar-refractivity contribution is 5.87.